The third-order valence-corrected chi connectivity index (χ3v) is 2.69. The zero-order valence-corrected chi connectivity index (χ0v) is 9.03. The molecule has 0 atom stereocenters. The minimum Gasteiger partial charge on any atom is -0.397 e. The van der Waals surface area contributed by atoms with Crippen LogP contribution in [0.4, 0.5) is 5.69 Å². The van der Waals surface area contributed by atoms with E-state index in [1.54, 1.807) is 0 Å². The molecule has 0 unspecified atom stereocenters. The number of nitrogens with two attached hydrogens (primary N) is 1. The number of nitrogens with zero attached hydrogens (tertiary/aromatic N) is 1. The number of unbranched alkanes of at least 4 members (excludes halogenated alkanes) is 1. The maximum Gasteiger partial charge on any atom is 0.0933 e. The molecule has 1 aromatic heterocycles. The molecule has 0 spiro atoms. The maximum absolute atomic E-state index is 5.89. The Hall–Kier alpha value is -1.57. The summed E-state index contributed by atoms with van der Waals surface area (Å²) in [7, 11) is 0. The molecule has 2 heteroatoms. The van der Waals surface area contributed by atoms with Crippen LogP contribution in [-0.4, -0.2) is 4.98 Å². The lowest BCUT2D eigenvalue weighted by Crippen LogP contribution is -1.93. The Morgan fingerprint density at radius 3 is 2.93 bits per heavy atom. The van der Waals surface area contributed by atoms with Gasteiger partial charge in [0.15, 0.2) is 0 Å². The fraction of sp³-hybridized carbons (Fsp3) is 0.308. The molecule has 0 saturated heterocycles. The Balaban J connectivity index is 2.51. The molecule has 0 fully saturated rings. The van der Waals surface area contributed by atoms with Gasteiger partial charge in [0.05, 0.1) is 11.2 Å². The minimum absolute atomic E-state index is 0.769. The molecule has 2 nitrogen and oxygen atoms in total. The van der Waals surface area contributed by atoms with Gasteiger partial charge in [0, 0.05) is 11.6 Å². The van der Waals surface area contributed by atoms with E-state index in [2.05, 4.69) is 24.0 Å². The normalized spacial score (nSPS) is 10.7. The molecule has 0 bridgehead atoms. The lowest BCUT2D eigenvalue weighted by atomic mass is 10.0. The van der Waals surface area contributed by atoms with Gasteiger partial charge in [0.1, 0.15) is 0 Å². The van der Waals surface area contributed by atoms with Crippen molar-refractivity contribution in [3.8, 4) is 0 Å². The minimum atomic E-state index is 0.769. The number of rotatable bonds is 3. The van der Waals surface area contributed by atoms with Gasteiger partial charge < -0.3 is 5.73 Å². The van der Waals surface area contributed by atoms with E-state index in [-0.39, 0.29) is 0 Å². The van der Waals surface area contributed by atoms with Crippen LogP contribution < -0.4 is 5.73 Å². The molecule has 78 valence electrons. The van der Waals surface area contributed by atoms with Crippen LogP contribution in [-0.2, 0) is 6.42 Å². The van der Waals surface area contributed by atoms with Crippen molar-refractivity contribution >= 4 is 16.6 Å². The van der Waals surface area contributed by atoms with E-state index in [9.17, 15) is 0 Å². The van der Waals surface area contributed by atoms with E-state index in [1.807, 2.05) is 18.3 Å². The number of anilines is 1. The van der Waals surface area contributed by atoms with Gasteiger partial charge in [-0.3, -0.25) is 4.98 Å². The Morgan fingerprint density at radius 2 is 2.13 bits per heavy atom. The first-order valence-corrected chi connectivity index (χ1v) is 5.45. The van der Waals surface area contributed by atoms with Gasteiger partial charge >= 0.3 is 0 Å². The van der Waals surface area contributed by atoms with E-state index in [4.69, 9.17) is 5.73 Å². The summed E-state index contributed by atoms with van der Waals surface area (Å²) in [6.45, 7) is 2.21. The summed E-state index contributed by atoms with van der Waals surface area (Å²) in [4.78, 5) is 4.32. The van der Waals surface area contributed by atoms with E-state index >= 15 is 0 Å². The van der Waals surface area contributed by atoms with Gasteiger partial charge in [-0.2, -0.15) is 0 Å². The van der Waals surface area contributed by atoms with Crippen molar-refractivity contribution in [3.63, 3.8) is 0 Å². The summed E-state index contributed by atoms with van der Waals surface area (Å²) < 4.78 is 0. The number of hydrogen-bond acceptors (Lipinski definition) is 2. The fourth-order valence-electron chi connectivity index (χ4n) is 1.84. The molecule has 0 radical (unpaired) electrons. The first-order chi connectivity index (χ1) is 7.33. The predicted octanol–water partition coefficient (Wildman–Crippen LogP) is 3.16. The van der Waals surface area contributed by atoms with Gasteiger partial charge in [-0.25, -0.2) is 0 Å². The third kappa shape index (κ3) is 1.94. The largest absolute Gasteiger partial charge is 0.397 e. The van der Waals surface area contributed by atoms with Gasteiger partial charge in [-0.05, 0) is 30.5 Å². The molecule has 1 heterocycles. The molecule has 0 aliphatic carbocycles. The molecule has 2 aromatic rings. The Kier molecular flexibility index (Phi) is 2.86. The van der Waals surface area contributed by atoms with Crippen molar-refractivity contribution in [2.45, 2.75) is 26.2 Å². The summed E-state index contributed by atoms with van der Waals surface area (Å²) in [5, 5.41) is 1.20. The molecule has 0 amide bonds. The topological polar surface area (TPSA) is 38.9 Å². The molecule has 0 saturated carbocycles. The number of fused-ring (bicyclic) bond motifs is 1. The van der Waals surface area contributed by atoms with Crippen molar-refractivity contribution in [2.24, 2.45) is 0 Å². The summed E-state index contributed by atoms with van der Waals surface area (Å²) in [6, 6.07) is 8.09. The number of benzene rings is 1. The van der Waals surface area contributed by atoms with Crippen LogP contribution in [0.15, 0.2) is 30.5 Å². The molecule has 0 aliphatic rings. The van der Waals surface area contributed by atoms with Crippen LogP contribution in [0.2, 0.25) is 0 Å². The summed E-state index contributed by atoms with van der Waals surface area (Å²) in [5.74, 6) is 0. The van der Waals surface area contributed by atoms with E-state index in [0.29, 0.717) is 0 Å². The average Bonchev–Trinajstić information content (AvgIpc) is 2.27. The quantitative estimate of drug-likeness (QED) is 0.773. The number of para-hydroxylation sites is 1. The van der Waals surface area contributed by atoms with Crippen molar-refractivity contribution in [3.05, 3.63) is 36.0 Å². The van der Waals surface area contributed by atoms with Gasteiger partial charge in [-0.15, -0.1) is 0 Å². The number of nitrogen functional groups attached to an aromatic ring is 1. The summed E-state index contributed by atoms with van der Waals surface area (Å²) in [5.41, 5.74) is 8.95. The second kappa shape index (κ2) is 4.30. The fourth-order valence-corrected chi connectivity index (χ4v) is 1.84. The highest BCUT2D eigenvalue weighted by molar-refractivity contribution is 5.91. The first kappa shape index (κ1) is 9.97. The zero-order chi connectivity index (χ0) is 10.7. The van der Waals surface area contributed by atoms with Crippen molar-refractivity contribution < 1.29 is 0 Å². The molecule has 1 aromatic carbocycles. The number of hydrogen-bond donors (Lipinski definition) is 1. The zero-order valence-electron chi connectivity index (χ0n) is 9.03. The lowest BCUT2D eigenvalue weighted by molar-refractivity contribution is 0.798. The smallest absolute Gasteiger partial charge is 0.0933 e. The standard InChI is InChI=1S/C13H16N2/c1-2-3-5-10-8-9-15-13-11(10)6-4-7-12(13)14/h4,6-9H,2-3,5,14H2,1H3. The molecular formula is C13H16N2. The van der Waals surface area contributed by atoms with Crippen LogP contribution in [0.3, 0.4) is 0 Å². The summed E-state index contributed by atoms with van der Waals surface area (Å²) in [6.07, 6.45) is 5.39. The highest BCUT2D eigenvalue weighted by Gasteiger charge is 2.03. The second-order valence-corrected chi connectivity index (χ2v) is 3.82. The third-order valence-electron chi connectivity index (χ3n) is 2.69. The van der Waals surface area contributed by atoms with Crippen LogP contribution in [0.25, 0.3) is 10.9 Å². The highest BCUT2D eigenvalue weighted by atomic mass is 14.7. The Labute approximate surface area is 90.1 Å². The predicted molar refractivity (Wildman–Crippen MR) is 64.8 cm³/mol. The number of aryl methyl sites for hydroxylation is 1. The van der Waals surface area contributed by atoms with Crippen LogP contribution >= 0.6 is 0 Å². The van der Waals surface area contributed by atoms with Crippen molar-refractivity contribution in [2.75, 3.05) is 5.73 Å². The van der Waals surface area contributed by atoms with E-state index < -0.39 is 0 Å². The van der Waals surface area contributed by atoms with E-state index in [1.165, 1.54) is 23.8 Å². The van der Waals surface area contributed by atoms with Crippen LogP contribution in [0, 0.1) is 0 Å². The summed E-state index contributed by atoms with van der Waals surface area (Å²) >= 11 is 0. The molecule has 2 rings (SSSR count). The molecule has 0 aliphatic heterocycles. The highest BCUT2D eigenvalue weighted by Crippen LogP contribution is 2.22. The number of pyridine rings is 1. The first-order valence-electron chi connectivity index (χ1n) is 5.45. The molecule has 15 heavy (non-hydrogen) atoms. The van der Waals surface area contributed by atoms with Gasteiger partial charge in [0.2, 0.25) is 0 Å². The molecular weight excluding hydrogens is 184 g/mol. The lowest BCUT2D eigenvalue weighted by Gasteiger charge is -2.06. The Morgan fingerprint density at radius 1 is 1.27 bits per heavy atom. The van der Waals surface area contributed by atoms with Crippen molar-refractivity contribution in [1.82, 2.24) is 4.98 Å². The van der Waals surface area contributed by atoms with Gasteiger partial charge in [0.25, 0.3) is 0 Å². The average molecular weight is 200 g/mol. The van der Waals surface area contributed by atoms with E-state index in [0.717, 1.165) is 17.6 Å². The van der Waals surface area contributed by atoms with Crippen LogP contribution in [0.1, 0.15) is 25.3 Å². The van der Waals surface area contributed by atoms with Gasteiger partial charge in [-0.1, -0.05) is 25.5 Å². The van der Waals surface area contributed by atoms with Crippen molar-refractivity contribution in [1.29, 1.82) is 0 Å². The second-order valence-electron chi connectivity index (χ2n) is 3.82. The van der Waals surface area contributed by atoms with Crippen LogP contribution in [0.5, 0.6) is 0 Å². The monoisotopic (exact) mass is 200 g/mol. The Bertz CT molecular complexity index is 463. The maximum atomic E-state index is 5.89. The number of aromatic nitrogens is 1. The molecule has 2 N–H and O–H groups in total. The SMILES string of the molecule is CCCCc1ccnc2c(N)cccc12.